The maximum Gasteiger partial charge on any atom is 0.338 e. The highest BCUT2D eigenvalue weighted by atomic mass is 16.5. The number of hydrogen-bond donors (Lipinski definition) is 0. The molecular weight excluding hydrogens is 256 g/mol. The van der Waals surface area contributed by atoms with Crippen molar-refractivity contribution < 1.29 is 18.7 Å². The Balaban J connectivity index is 2.57. The number of carbonyl (C=O) groups excluding carboxylic acids is 2. The van der Waals surface area contributed by atoms with Crippen molar-refractivity contribution >= 4 is 12.3 Å². The SMILES string of the molecule is CCOC(=O)c1cc(C)c(C)cc1-c1ccc(C=O)o1. The number of benzene rings is 1. The van der Waals surface area contributed by atoms with Crippen LogP contribution in [0.5, 0.6) is 0 Å². The van der Waals surface area contributed by atoms with Gasteiger partial charge in [0.1, 0.15) is 5.76 Å². The van der Waals surface area contributed by atoms with Crippen LogP contribution in [0, 0.1) is 13.8 Å². The van der Waals surface area contributed by atoms with Gasteiger partial charge in [-0.3, -0.25) is 4.79 Å². The molecule has 1 aromatic heterocycles. The van der Waals surface area contributed by atoms with Gasteiger partial charge in [0, 0.05) is 5.56 Å². The number of aldehydes is 1. The second-order valence-corrected chi connectivity index (χ2v) is 4.52. The van der Waals surface area contributed by atoms with Crippen LogP contribution in [-0.2, 0) is 4.74 Å². The molecule has 0 amide bonds. The van der Waals surface area contributed by atoms with Crippen LogP contribution in [0.1, 0.15) is 39.0 Å². The molecule has 20 heavy (non-hydrogen) atoms. The van der Waals surface area contributed by atoms with Gasteiger partial charge in [-0.1, -0.05) is 0 Å². The predicted molar refractivity (Wildman–Crippen MR) is 75.0 cm³/mol. The Hall–Kier alpha value is -2.36. The van der Waals surface area contributed by atoms with E-state index in [4.69, 9.17) is 9.15 Å². The monoisotopic (exact) mass is 272 g/mol. The third-order valence-corrected chi connectivity index (χ3v) is 3.14. The highest BCUT2D eigenvalue weighted by Gasteiger charge is 2.18. The minimum Gasteiger partial charge on any atom is -0.462 e. The van der Waals surface area contributed by atoms with Gasteiger partial charge < -0.3 is 9.15 Å². The van der Waals surface area contributed by atoms with Crippen LogP contribution in [0.2, 0.25) is 0 Å². The summed E-state index contributed by atoms with van der Waals surface area (Å²) in [6.07, 6.45) is 0.634. The molecule has 0 N–H and O–H groups in total. The summed E-state index contributed by atoms with van der Waals surface area (Å²) in [5.41, 5.74) is 3.12. The number of carbonyl (C=O) groups is 2. The largest absolute Gasteiger partial charge is 0.462 e. The van der Waals surface area contributed by atoms with Crippen molar-refractivity contribution in [2.75, 3.05) is 6.61 Å². The molecule has 0 unspecified atom stereocenters. The first-order chi connectivity index (χ1) is 9.56. The summed E-state index contributed by atoms with van der Waals surface area (Å²) < 4.78 is 10.5. The molecule has 1 aromatic carbocycles. The van der Waals surface area contributed by atoms with E-state index in [2.05, 4.69) is 0 Å². The Morgan fingerprint density at radius 2 is 1.95 bits per heavy atom. The highest BCUT2D eigenvalue weighted by molar-refractivity contribution is 5.97. The molecule has 0 fully saturated rings. The maximum atomic E-state index is 12.0. The van der Waals surface area contributed by atoms with E-state index in [1.807, 2.05) is 19.9 Å². The molecule has 2 rings (SSSR count). The fourth-order valence-corrected chi connectivity index (χ4v) is 1.96. The lowest BCUT2D eigenvalue weighted by atomic mass is 9.98. The van der Waals surface area contributed by atoms with E-state index in [1.165, 1.54) is 0 Å². The summed E-state index contributed by atoms with van der Waals surface area (Å²) in [5, 5.41) is 0. The summed E-state index contributed by atoms with van der Waals surface area (Å²) in [6, 6.07) is 6.91. The van der Waals surface area contributed by atoms with E-state index in [1.54, 1.807) is 25.1 Å². The number of rotatable bonds is 4. The average molecular weight is 272 g/mol. The van der Waals surface area contributed by atoms with Gasteiger partial charge in [-0.15, -0.1) is 0 Å². The van der Waals surface area contributed by atoms with Gasteiger partial charge in [-0.2, -0.15) is 0 Å². The minimum atomic E-state index is -0.394. The third-order valence-electron chi connectivity index (χ3n) is 3.14. The van der Waals surface area contributed by atoms with Crippen LogP contribution in [0.3, 0.4) is 0 Å². The van der Waals surface area contributed by atoms with Crippen molar-refractivity contribution in [3.05, 3.63) is 46.7 Å². The number of hydrogen-bond acceptors (Lipinski definition) is 4. The molecule has 0 aliphatic heterocycles. The van der Waals surface area contributed by atoms with Crippen molar-refractivity contribution in [1.29, 1.82) is 0 Å². The van der Waals surface area contributed by atoms with E-state index >= 15 is 0 Å². The smallest absolute Gasteiger partial charge is 0.338 e. The van der Waals surface area contributed by atoms with Crippen molar-refractivity contribution in [2.45, 2.75) is 20.8 Å². The molecule has 0 spiro atoms. The third kappa shape index (κ3) is 2.64. The van der Waals surface area contributed by atoms with E-state index < -0.39 is 5.97 Å². The molecule has 0 saturated carbocycles. The van der Waals surface area contributed by atoms with E-state index in [0.29, 0.717) is 29.8 Å². The van der Waals surface area contributed by atoms with Crippen molar-refractivity contribution in [3.8, 4) is 11.3 Å². The van der Waals surface area contributed by atoms with Crippen molar-refractivity contribution in [3.63, 3.8) is 0 Å². The molecule has 0 saturated heterocycles. The molecular formula is C16H16O4. The number of furan rings is 1. The summed E-state index contributed by atoms with van der Waals surface area (Å²) in [5.74, 6) is 0.320. The van der Waals surface area contributed by atoms with E-state index in [-0.39, 0.29) is 5.76 Å². The number of esters is 1. The van der Waals surface area contributed by atoms with Crippen molar-refractivity contribution in [2.24, 2.45) is 0 Å². The average Bonchev–Trinajstić information content (AvgIpc) is 2.90. The Morgan fingerprint density at radius 3 is 2.55 bits per heavy atom. The summed E-state index contributed by atoms with van der Waals surface area (Å²) >= 11 is 0. The van der Waals surface area contributed by atoms with Gasteiger partial charge >= 0.3 is 5.97 Å². The summed E-state index contributed by atoms with van der Waals surface area (Å²) in [7, 11) is 0. The van der Waals surface area contributed by atoms with Gasteiger partial charge in [0.25, 0.3) is 0 Å². The molecule has 1 heterocycles. The zero-order valence-electron chi connectivity index (χ0n) is 11.7. The standard InChI is InChI=1S/C16H16O4/c1-4-19-16(18)14-8-11(3)10(2)7-13(14)15-6-5-12(9-17)20-15/h5-9H,4H2,1-3H3. The fourth-order valence-electron chi connectivity index (χ4n) is 1.96. The van der Waals surface area contributed by atoms with E-state index in [0.717, 1.165) is 11.1 Å². The van der Waals surface area contributed by atoms with Gasteiger partial charge in [-0.05, 0) is 56.2 Å². The summed E-state index contributed by atoms with van der Waals surface area (Å²) in [6.45, 7) is 5.96. The van der Waals surface area contributed by atoms with Crippen LogP contribution in [0.4, 0.5) is 0 Å². The van der Waals surface area contributed by atoms with Crippen LogP contribution < -0.4 is 0 Å². The van der Waals surface area contributed by atoms with Gasteiger partial charge in [0.2, 0.25) is 0 Å². The topological polar surface area (TPSA) is 56.5 Å². The molecule has 0 radical (unpaired) electrons. The minimum absolute atomic E-state index is 0.230. The Bertz CT molecular complexity index is 652. The lowest BCUT2D eigenvalue weighted by Crippen LogP contribution is -2.07. The van der Waals surface area contributed by atoms with Gasteiger partial charge in [-0.25, -0.2) is 4.79 Å². The lowest BCUT2D eigenvalue weighted by molar-refractivity contribution is 0.0527. The molecule has 104 valence electrons. The first-order valence-corrected chi connectivity index (χ1v) is 6.40. The van der Waals surface area contributed by atoms with Crippen LogP contribution in [-0.4, -0.2) is 18.9 Å². The zero-order valence-corrected chi connectivity index (χ0v) is 11.7. The summed E-state index contributed by atoms with van der Waals surface area (Å²) in [4.78, 5) is 22.8. The van der Waals surface area contributed by atoms with Gasteiger partial charge in [0.05, 0.1) is 12.2 Å². The molecule has 0 atom stereocenters. The quantitative estimate of drug-likeness (QED) is 0.631. The Kier molecular flexibility index (Phi) is 4.03. The highest BCUT2D eigenvalue weighted by Crippen LogP contribution is 2.29. The fraction of sp³-hybridized carbons (Fsp3) is 0.250. The second kappa shape index (κ2) is 5.74. The number of aryl methyl sites for hydroxylation is 2. The maximum absolute atomic E-state index is 12.0. The first-order valence-electron chi connectivity index (χ1n) is 6.40. The van der Waals surface area contributed by atoms with Crippen LogP contribution in [0.25, 0.3) is 11.3 Å². The molecule has 0 aliphatic carbocycles. The number of ether oxygens (including phenoxy) is 1. The Morgan fingerprint density at radius 1 is 1.25 bits per heavy atom. The Labute approximate surface area is 117 Å². The lowest BCUT2D eigenvalue weighted by Gasteiger charge is -2.10. The first kappa shape index (κ1) is 14.1. The molecule has 0 bridgehead atoms. The van der Waals surface area contributed by atoms with Crippen LogP contribution >= 0.6 is 0 Å². The van der Waals surface area contributed by atoms with Crippen LogP contribution in [0.15, 0.2) is 28.7 Å². The van der Waals surface area contributed by atoms with Crippen molar-refractivity contribution in [1.82, 2.24) is 0 Å². The molecule has 4 heteroatoms. The normalized spacial score (nSPS) is 10.3. The molecule has 4 nitrogen and oxygen atoms in total. The second-order valence-electron chi connectivity index (χ2n) is 4.52. The zero-order chi connectivity index (χ0) is 14.7. The molecule has 2 aromatic rings. The van der Waals surface area contributed by atoms with E-state index in [9.17, 15) is 9.59 Å². The molecule has 0 aliphatic rings. The predicted octanol–water partition coefficient (Wildman–Crippen LogP) is 3.55. The van der Waals surface area contributed by atoms with Gasteiger partial charge in [0.15, 0.2) is 12.0 Å².